The molecule has 0 unspecified atom stereocenters. The molecule has 4 heterocycles. The number of aromatic nitrogens is 3. The summed E-state index contributed by atoms with van der Waals surface area (Å²) in [6.45, 7) is 1.39. The zero-order valence-electron chi connectivity index (χ0n) is 20.0. The fourth-order valence-electron chi connectivity index (χ4n) is 5.05. The summed E-state index contributed by atoms with van der Waals surface area (Å²) < 4.78 is 44.4. The summed E-state index contributed by atoms with van der Waals surface area (Å²) >= 11 is 0. The topological polar surface area (TPSA) is 76.7 Å². The lowest BCUT2D eigenvalue weighted by Crippen LogP contribution is -2.31. The minimum Gasteiger partial charge on any atom is -0.339 e. The second-order valence-corrected chi connectivity index (χ2v) is 11.1. The van der Waals surface area contributed by atoms with Crippen molar-refractivity contribution in [2.24, 2.45) is 0 Å². The molecule has 0 N–H and O–H groups in total. The number of rotatable bonds is 4. The van der Waals surface area contributed by atoms with E-state index in [1.165, 1.54) is 34.6 Å². The molecule has 188 valence electrons. The van der Waals surface area contributed by atoms with Gasteiger partial charge in [-0.05, 0) is 49.2 Å². The first-order valence-corrected chi connectivity index (χ1v) is 13.8. The Labute approximate surface area is 213 Å². The van der Waals surface area contributed by atoms with Crippen LogP contribution in [0.15, 0.2) is 84.1 Å². The minimum absolute atomic E-state index is 0.105. The summed E-state index contributed by atoms with van der Waals surface area (Å²) in [5.74, 6) is -0.537. The van der Waals surface area contributed by atoms with Crippen LogP contribution in [-0.2, 0) is 10.0 Å². The average Bonchev–Trinajstić information content (AvgIpc) is 3.38. The molecule has 5 aromatic rings. The molecular formula is C28H25FN4O3S. The number of pyridine rings is 1. The molecule has 2 aromatic carbocycles. The van der Waals surface area contributed by atoms with Crippen LogP contribution in [0.3, 0.4) is 0 Å². The van der Waals surface area contributed by atoms with E-state index in [-0.39, 0.29) is 10.8 Å². The first kappa shape index (κ1) is 23.4. The molecule has 1 fully saturated rings. The highest BCUT2D eigenvalue weighted by molar-refractivity contribution is 7.90. The highest BCUT2D eigenvalue weighted by atomic mass is 32.2. The summed E-state index contributed by atoms with van der Waals surface area (Å²) in [6, 6.07) is 16.2. The predicted octanol–water partition coefficient (Wildman–Crippen LogP) is 5.35. The smallest absolute Gasteiger partial charge is 0.268 e. The predicted molar refractivity (Wildman–Crippen MR) is 139 cm³/mol. The number of hydrogen-bond acceptors (Lipinski definition) is 4. The molecule has 9 heteroatoms. The van der Waals surface area contributed by atoms with E-state index in [1.807, 2.05) is 4.90 Å². The van der Waals surface area contributed by atoms with Crippen molar-refractivity contribution in [3.05, 3.63) is 90.6 Å². The zero-order chi connectivity index (χ0) is 25.6. The van der Waals surface area contributed by atoms with E-state index < -0.39 is 15.8 Å². The molecule has 1 amide bonds. The molecule has 1 saturated heterocycles. The molecule has 1 aliphatic rings. The van der Waals surface area contributed by atoms with E-state index in [2.05, 4.69) is 4.98 Å². The Kier molecular flexibility index (Phi) is 5.79. The van der Waals surface area contributed by atoms with Crippen LogP contribution in [0, 0.1) is 5.82 Å². The third kappa shape index (κ3) is 4.09. The molecular weight excluding hydrogens is 491 g/mol. The normalized spacial score (nSPS) is 14.8. The Morgan fingerprint density at radius 1 is 0.892 bits per heavy atom. The van der Waals surface area contributed by atoms with Crippen LogP contribution in [0.2, 0.25) is 0 Å². The van der Waals surface area contributed by atoms with E-state index in [0.717, 1.165) is 25.7 Å². The lowest BCUT2D eigenvalue weighted by Gasteiger charge is -2.20. The van der Waals surface area contributed by atoms with Crippen LogP contribution in [0.5, 0.6) is 0 Å². The van der Waals surface area contributed by atoms with Crippen molar-refractivity contribution in [1.29, 1.82) is 0 Å². The Morgan fingerprint density at radius 3 is 2.41 bits per heavy atom. The maximum absolute atomic E-state index is 14.1. The van der Waals surface area contributed by atoms with Crippen molar-refractivity contribution < 1.29 is 17.6 Å². The van der Waals surface area contributed by atoms with Gasteiger partial charge in [0.2, 0.25) is 0 Å². The molecule has 0 saturated carbocycles. The van der Waals surface area contributed by atoms with Gasteiger partial charge in [-0.3, -0.25) is 9.20 Å². The van der Waals surface area contributed by atoms with E-state index in [9.17, 15) is 17.6 Å². The Morgan fingerprint density at radius 2 is 1.65 bits per heavy atom. The Bertz CT molecular complexity index is 1730. The second kappa shape index (κ2) is 9.15. The van der Waals surface area contributed by atoms with Gasteiger partial charge in [0.05, 0.1) is 22.3 Å². The van der Waals surface area contributed by atoms with Gasteiger partial charge in [0.25, 0.3) is 15.9 Å². The van der Waals surface area contributed by atoms with Gasteiger partial charge in [0.1, 0.15) is 11.5 Å². The van der Waals surface area contributed by atoms with Crippen LogP contribution in [0.25, 0.3) is 27.8 Å². The van der Waals surface area contributed by atoms with Crippen molar-refractivity contribution in [2.45, 2.75) is 30.6 Å². The summed E-state index contributed by atoms with van der Waals surface area (Å²) in [6.07, 6.45) is 8.57. The molecule has 6 rings (SSSR count). The number of benzene rings is 2. The number of imidazole rings is 1. The van der Waals surface area contributed by atoms with Gasteiger partial charge >= 0.3 is 0 Å². The molecule has 3 aromatic heterocycles. The van der Waals surface area contributed by atoms with Gasteiger partial charge in [0.15, 0.2) is 0 Å². The van der Waals surface area contributed by atoms with Gasteiger partial charge in [-0.2, -0.15) is 0 Å². The third-order valence-corrected chi connectivity index (χ3v) is 8.65. The number of amides is 1. The van der Waals surface area contributed by atoms with Crippen LogP contribution in [0.4, 0.5) is 4.39 Å². The van der Waals surface area contributed by atoms with Crippen LogP contribution < -0.4 is 0 Å². The number of carbonyl (C=O) groups excluding carboxylic acids is 1. The molecule has 7 nitrogen and oxygen atoms in total. The molecule has 0 atom stereocenters. The summed E-state index contributed by atoms with van der Waals surface area (Å²) in [5, 5.41) is 0.623. The number of likely N-dealkylation sites (tertiary alicyclic amines) is 1. The number of nitrogens with zero attached hydrogens (tertiary/aromatic N) is 4. The maximum Gasteiger partial charge on any atom is 0.268 e. The number of hydrogen-bond donors (Lipinski definition) is 0. The quantitative estimate of drug-likeness (QED) is 0.323. The molecule has 0 spiro atoms. The number of carbonyl (C=O) groups is 1. The molecule has 0 radical (unpaired) electrons. The van der Waals surface area contributed by atoms with E-state index in [0.29, 0.717) is 46.5 Å². The largest absolute Gasteiger partial charge is 0.339 e. The first-order valence-electron chi connectivity index (χ1n) is 12.3. The lowest BCUT2D eigenvalue weighted by atomic mass is 10.1. The van der Waals surface area contributed by atoms with Crippen molar-refractivity contribution in [1.82, 2.24) is 18.3 Å². The van der Waals surface area contributed by atoms with Crippen LogP contribution in [0.1, 0.15) is 36.0 Å². The zero-order valence-corrected chi connectivity index (χ0v) is 20.9. The van der Waals surface area contributed by atoms with E-state index in [1.54, 1.807) is 53.1 Å². The standard InChI is InChI=1S/C28H25FN4O3S/c29-21-11-13-27-30-17-26(32(27)18-21)24-19-33(37(35,36)22-8-4-3-5-9-22)25-16-20(10-12-23(24)25)28(34)31-14-6-1-2-7-15-31/h3-5,8-13,16-19H,1-2,6-7,14-15H2. The third-order valence-electron chi connectivity index (χ3n) is 6.96. The Hall–Kier alpha value is -3.98. The highest BCUT2D eigenvalue weighted by Gasteiger charge is 2.25. The molecule has 1 aliphatic heterocycles. The van der Waals surface area contributed by atoms with Crippen molar-refractivity contribution in [3.63, 3.8) is 0 Å². The first-order chi connectivity index (χ1) is 17.9. The molecule has 0 bridgehead atoms. The minimum atomic E-state index is -3.98. The summed E-state index contributed by atoms with van der Waals surface area (Å²) in [4.78, 5) is 19.7. The summed E-state index contributed by atoms with van der Waals surface area (Å²) in [7, 11) is -3.98. The van der Waals surface area contributed by atoms with Crippen molar-refractivity contribution in [2.75, 3.05) is 13.1 Å². The summed E-state index contributed by atoms with van der Waals surface area (Å²) in [5.41, 5.74) is 2.48. The molecule has 37 heavy (non-hydrogen) atoms. The van der Waals surface area contributed by atoms with Crippen molar-refractivity contribution >= 4 is 32.5 Å². The van der Waals surface area contributed by atoms with E-state index >= 15 is 0 Å². The SMILES string of the molecule is O=C(c1ccc2c(-c3cnc4ccc(F)cn34)cn(S(=O)(=O)c3ccccc3)c2c1)N1CCCCCC1. The van der Waals surface area contributed by atoms with E-state index in [4.69, 9.17) is 0 Å². The van der Waals surface area contributed by atoms with Crippen molar-refractivity contribution in [3.8, 4) is 11.3 Å². The second-order valence-electron chi connectivity index (χ2n) is 9.31. The van der Waals surface area contributed by atoms with Gasteiger partial charge in [-0.1, -0.05) is 37.1 Å². The maximum atomic E-state index is 14.1. The van der Waals surface area contributed by atoms with Crippen LogP contribution in [-0.4, -0.2) is 45.7 Å². The molecule has 0 aliphatic carbocycles. The van der Waals surface area contributed by atoms with Gasteiger partial charge in [0, 0.05) is 42.0 Å². The van der Waals surface area contributed by atoms with Gasteiger partial charge < -0.3 is 4.90 Å². The monoisotopic (exact) mass is 516 g/mol. The lowest BCUT2D eigenvalue weighted by molar-refractivity contribution is 0.0761. The fraction of sp³-hybridized carbons (Fsp3) is 0.214. The fourth-order valence-corrected chi connectivity index (χ4v) is 6.43. The average molecular weight is 517 g/mol. The Balaban J connectivity index is 1.56. The van der Waals surface area contributed by atoms with Gasteiger partial charge in [-0.25, -0.2) is 21.8 Å². The number of fused-ring (bicyclic) bond motifs is 2. The van der Waals surface area contributed by atoms with Gasteiger partial charge in [-0.15, -0.1) is 0 Å². The van der Waals surface area contributed by atoms with Crippen LogP contribution >= 0.6 is 0 Å². The highest BCUT2D eigenvalue weighted by Crippen LogP contribution is 2.34. The number of halogens is 1.